The summed E-state index contributed by atoms with van der Waals surface area (Å²) in [5, 5.41) is 8.34. The Balaban J connectivity index is 1.61. The molecule has 3 rings (SSSR count). The van der Waals surface area contributed by atoms with E-state index < -0.39 is 10.0 Å². The molecule has 10 nitrogen and oxygen atoms in total. The molecule has 0 N–H and O–H groups in total. The highest BCUT2D eigenvalue weighted by molar-refractivity contribution is 7.88. The summed E-state index contributed by atoms with van der Waals surface area (Å²) < 4.78 is 31.7. The standard InChI is InChI=1S/C17H26N6O4S/c1-5-22-10-14(12(2)19-22)17(24)21(3)11-15-18-16(20-27-15)13-6-8-23(9-7-13)28(4,25)26/h10,13H,5-9,11H2,1-4H3. The van der Waals surface area contributed by atoms with Gasteiger partial charge in [0, 0.05) is 38.8 Å². The molecule has 0 saturated carbocycles. The summed E-state index contributed by atoms with van der Waals surface area (Å²) in [4.78, 5) is 18.6. The Morgan fingerprint density at radius 3 is 2.61 bits per heavy atom. The zero-order valence-electron chi connectivity index (χ0n) is 16.6. The second-order valence-corrected chi connectivity index (χ2v) is 9.11. The molecule has 154 valence electrons. The number of amides is 1. The summed E-state index contributed by atoms with van der Waals surface area (Å²) in [5.41, 5.74) is 1.24. The first-order chi connectivity index (χ1) is 13.2. The SMILES string of the molecule is CCn1cc(C(=O)N(C)Cc2nc(C3CCN(S(C)(=O)=O)CC3)no2)c(C)n1. The van der Waals surface area contributed by atoms with Crippen LogP contribution >= 0.6 is 0 Å². The minimum Gasteiger partial charge on any atom is -0.337 e. The van der Waals surface area contributed by atoms with Gasteiger partial charge in [-0.1, -0.05) is 5.16 Å². The molecule has 3 heterocycles. The Bertz CT molecular complexity index is 943. The van der Waals surface area contributed by atoms with E-state index in [2.05, 4.69) is 15.2 Å². The summed E-state index contributed by atoms with van der Waals surface area (Å²) in [6.45, 7) is 5.57. The lowest BCUT2D eigenvalue weighted by molar-refractivity contribution is 0.0768. The molecule has 0 unspecified atom stereocenters. The number of carbonyl (C=O) groups excluding carboxylic acids is 1. The quantitative estimate of drug-likeness (QED) is 0.698. The Kier molecular flexibility index (Phi) is 5.84. The number of hydrogen-bond donors (Lipinski definition) is 0. The third-order valence-electron chi connectivity index (χ3n) is 4.99. The van der Waals surface area contributed by atoms with Crippen molar-refractivity contribution in [1.29, 1.82) is 0 Å². The second kappa shape index (κ2) is 8.00. The Hall–Kier alpha value is -2.27. The molecule has 1 aliphatic heterocycles. The van der Waals surface area contributed by atoms with Gasteiger partial charge in [0.25, 0.3) is 5.91 Å². The predicted molar refractivity (Wildman–Crippen MR) is 101 cm³/mol. The van der Waals surface area contributed by atoms with Gasteiger partial charge in [0.05, 0.1) is 24.1 Å². The third-order valence-corrected chi connectivity index (χ3v) is 6.29. The summed E-state index contributed by atoms with van der Waals surface area (Å²) >= 11 is 0. The normalized spacial score (nSPS) is 16.4. The first-order valence-electron chi connectivity index (χ1n) is 9.26. The molecule has 28 heavy (non-hydrogen) atoms. The highest BCUT2D eigenvalue weighted by Crippen LogP contribution is 2.27. The minimum atomic E-state index is -3.16. The first kappa shape index (κ1) is 20.5. The molecule has 0 aliphatic carbocycles. The lowest BCUT2D eigenvalue weighted by Crippen LogP contribution is -2.37. The van der Waals surface area contributed by atoms with E-state index in [1.54, 1.807) is 24.9 Å². The maximum Gasteiger partial charge on any atom is 0.257 e. The van der Waals surface area contributed by atoms with Crippen LogP contribution < -0.4 is 0 Å². The van der Waals surface area contributed by atoms with E-state index in [0.29, 0.717) is 55.4 Å². The van der Waals surface area contributed by atoms with Crippen molar-refractivity contribution in [2.75, 3.05) is 26.4 Å². The van der Waals surface area contributed by atoms with Crippen molar-refractivity contribution in [3.05, 3.63) is 29.2 Å². The number of aryl methyl sites for hydroxylation is 2. The largest absolute Gasteiger partial charge is 0.337 e. The van der Waals surface area contributed by atoms with Gasteiger partial charge in [-0.15, -0.1) is 0 Å². The van der Waals surface area contributed by atoms with Crippen molar-refractivity contribution in [3.8, 4) is 0 Å². The Morgan fingerprint density at radius 2 is 2.04 bits per heavy atom. The van der Waals surface area contributed by atoms with Crippen molar-refractivity contribution in [2.24, 2.45) is 0 Å². The molecule has 1 fully saturated rings. The van der Waals surface area contributed by atoms with Crippen LogP contribution in [-0.2, 0) is 23.1 Å². The number of rotatable bonds is 6. The fourth-order valence-electron chi connectivity index (χ4n) is 3.31. The molecule has 0 spiro atoms. The molecule has 1 saturated heterocycles. The molecular weight excluding hydrogens is 384 g/mol. The average Bonchev–Trinajstić information content (AvgIpc) is 3.27. The molecule has 0 aromatic carbocycles. The first-order valence-corrected chi connectivity index (χ1v) is 11.1. The zero-order valence-corrected chi connectivity index (χ0v) is 17.4. The number of aromatic nitrogens is 4. The molecule has 0 bridgehead atoms. The van der Waals surface area contributed by atoms with Crippen molar-refractivity contribution in [3.63, 3.8) is 0 Å². The monoisotopic (exact) mass is 410 g/mol. The van der Waals surface area contributed by atoms with Crippen LogP contribution in [0.1, 0.15) is 53.5 Å². The van der Waals surface area contributed by atoms with Gasteiger partial charge in [-0.2, -0.15) is 10.1 Å². The number of hydrogen-bond acceptors (Lipinski definition) is 7. The van der Waals surface area contributed by atoms with Gasteiger partial charge < -0.3 is 9.42 Å². The van der Waals surface area contributed by atoms with Gasteiger partial charge in [0.2, 0.25) is 15.9 Å². The Morgan fingerprint density at radius 1 is 1.36 bits per heavy atom. The van der Waals surface area contributed by atoms with Gasteiger partial charge in [-0.05, 0) is 26.7 Å². The van der Waals surface area contributed by atoms with Crippen LogP contribution in [0.5, 0.6) is 0 Å². The number of sulfonamides is 1. The van der Waals surface area contributed by atoms with Crippen molar-refractivity contribution >= 4 is 15.9 Å². The topological polar surface area (TPSA) is 114 Å². The lowest BCUT2D eigenvalue weighted by atomic mass is 9.98. The molecule has 11 heteroatoms. The van der Waals surface area contributed by atoms with Crippen molar-refractivity contribution in [1.82, 2.24) is 29.1 Å². The van der Waals surface area contributed by atoms with E-state index in [9.17, 15) is 13.2 Å². The van der Waals surface area contributed by atoms with Gasteiger partial charge in [-0.3, -0.25) is 9.48 Å². The fourth-order valence-corrected chi connectivity index (χ4v) is 4.19. The highest BCUT2D eigenvalue weighted by atomic mass is 32.2. The number of nitrogens with zero attached hydrogens (tertiary/aromatic N) is 6. The summed E-state index contributed by atoms with van der Waals surface area (Å²) in [7, 11) is -1.48. The highest BCUT2D eigenvalue weighted by Gasteiger charge is 2.29. The molecule has 1 amide bonds. The summed E-state index contributed by atoms with van der Waals surface area (Å²) in [5.74, 6) is 0.830. The van der Waals surface area contributed by atoms with Crippen LogP contribution in [0.3, 0.4) is 0 Å². The van der Waals surface area contributed by atoms with Crippen LogP contribution in [-0.4, -0.2) is 69.8 Å². The van der Waals surface area contributed by atoms with Crippen LogP contribution in [0, 0.1) is 6.92 Å². The third kappa shape index (κ3) is 4.41. The van der Waals surface area contributed by atoms with Crippen molar-refractivity contribution < 1.29 is 17.7 Å². The van der Waals surface area contributed by atoms with E-state index in [0.717, 1.165) is 0 Å². The van der Waals surface area contributed by atoms with Crippen LogP contribution in [0.15, 0.2) is 10.7 Å². The predicted octanol–water partition coefficient (Wildman–Crippen LogP) is 1.01. The lowest BCUT2D eigenvalue weighted by Gasteiger charge is -2.28. The van der Waals surface area contributed by atoms with Gasteiger partial charge in [0.15, 0.2) is 5.82 Å². The fraction of sp³-hybridized carbons (Fsp3) is 0.647. The maximum absolute atomic E-state index is 12.7. The summed E-state index contributed by atoms with van der Waals surface area (Å²) in [6.07, 6.45) is 4.26. The van der Waals surface area contributed by atoms with Crippen LogP contribution in [0.2, 0.25) is 0 Å². The summed E-state index contributed by atoms with van der Waals surface area (Å²) in [6, 6.07) is 0. The molecule has 2 aromatic heterocycles. The van der Waals surface area contributed by atoms with Crippen molar-refractivity contribution in [2.45, 2.75) is 45.7 Å². The zero-order chi connectivity index (χ0) is 20.5. The molecule has 0 atom stereocenters. The molecule has 0 radical (unpaired) electrons. The number of piperidine rings is 1. The van der Waals surface area contributed by atoms with Crippen LogP contribution in [0.4, 0.5) is 0 Å². The van der Waals surface area contributed by atoms with E-state index in [1.807, 2.05) is 6.92 Å². The van der Waals surface area contributed by atoms with E-state index in [-0.39, 0.29) is 18.4 Å². The molecular formula is C17H26N6O4S. The average molecular weight is 411 g/mol. The Labute approximate surface area is 164 Å². The van der Waals surface area contributed by atoms with Crippen LogP contribution in [0.25, 0.3) is 0 Å². The van der Waals surface area contributed by atoms with Gasteiger partial charge in [0.1, 0.15) is 0 Å². The maximum atomic E-state index is 12.7. The van der Waals surface area contributed by atoms with E-state index in [1.165, 1.54) is 15.5 Å². The van der Waals surface area contributed by atoms with E-state index >= 15 is 0 Å². The number of carbonyl (C=O) groups is 1. The van der Waals surface area contributed by atoms with E-state index in [4.69, 9.17) is 4.52 Å². The molecule has 2 aromatic rings. The minimum absolute atomic E-state index is 0.0570. The second-order valence-electron chi connectivity index (χ2n) is 7.13. The van der Waals surface area contributed by atoms with Gasteiger partial charge in [-0.25, -0.2) is 12.7 Å². The molecule has 1 aliphatic rings. The van der Waals surface area contributed by atoms with Gasteiger partial charge >= 0.3 is 0 Å². The smallest absolute Gasteiger partial charge is 0.257 e.